The van der Waals surface area contributed by atoms with Gasteiger partial charge in [-0.1, -0.05) is 34.8 Å². The molecule has 0 aliphatic carbocycles. The molecule has 0 bridgehead atoms. The molecule has 0 radical (unpaired) electrons. The minimum Gasteiger partial charge on any atom is -0.585 e. The number of anilines is 1. The highest BCUT2D eigenvalue weighted by atomic mass is 35.5. The predicted octanol–water partition coefficient (Wildman–Crippen LogP) is 3.83. The van der Waals surface area contributed by atoms with E-state index in [0.717, 1.165) is 0 Å². The molecule has 5 nitrogen and oxygen atoms in total. The Morgan fingerprint density at radius 3 is 2.00 bits per heavy atom. The molecular formula is C13H16Cl3NO4P2S3. The summed E-state index contributed by atoms with van der Waals surface area (Å²) in [4.78, 5) is 13.0. The zero-order valence-electron chi connectivity index (χ0n) is 13.7. The average Bonchev–Trinajstić information content (AvgIpc) is 2.75. The standard InChI is InChI=1S/C13H16Cl3NO4P2S3/c1-3-20-12(21-4-2)11(18)26(19)17(13(12,22-24)23-25)10-8(15)5-7(14)6-9(10)16/h5-6H,3-4,22-23H2,1-2H3. The largest absolute Gasteiger partial charge is 0.585 e. The van der Waals surface area contributed by atoms with Crippen molar-refractivity contribution in [3.05, 3.63) is 27.2 Å². The number of carbonyl (C=O) groups is 1. The van der Waals surface area contributed by atoms with Crippen LogP contribution in [0.5, 0.6) is 0 Å². The number of rotatable bonds is 7. The normalized spacial score (nSPS) is 26.0. The first-order valence-electron chi connectivity index (χ1n) is 7.37. The Labute approximate surface area is 182 Å². The zero-order chi connectivity index (χ0) is 19.7. The fourth-order valence-corrected chi connectivity index (χ4v) is 11.9. The molecule has 13 heteroatoms. The van der Waals surface area contributed by atoms with Crippen molar-refractivity contribution < 1.29 is 18.8 Å². The molecule has 0 aromatic heterocycles. The summed E-state index contributed by atoms with van der Waals surface area (Å²) in [5, 5.41) is -1.39. The number of halogens is 3. The molecule has 0 N–H and O–H groups in total. The lowest BCUT2D eigenvalue weighted by molar-refractivity contribution is -0.219. The van der Waals surface area contributed by atoms with Crippen molar-refractivity contribution in [3.63, 3.8) is 0 Å². The van der Waals surface area contributed by atoms with Crippen molar-refractivity contribution >= 4 is 95.3 Å². The van der Waals surface area contributed by atoms with E-state index in [1.54, 1.807) is 13.8 Å². The fourth-order valence-electron chi connectivity index (χ4n) is 2.70. The SMILES string of the molecule is CCOC1(OCC)C(=O)[S+]([O-])N(c2c(Cl)cc(Cl)cc2Cl)C1([PH2]=S)[PH2]=S. The van der Waals surface area contributed by atoms with Gasteiger partial charge in [0.15, 0.2) is 16.4 Å². The molecule has 1 aliphatic rings. The molecule has 3 unspecified atom stereocenters. The fraction of sp³-hybridized carbons (Fsp3) is 0.462. The Hall–Kier alpha value is 1.09. The minimum atomic E-state index is -2.18. The average molecular weight is 515 g/mol. The van der Waals surface area contributed by atoms with Crippen molar-refractivity contribution in [2.24, 2.45) is 0 Å². The summed E-state index contributed by atoms with van der Waals surface area (Å²) in [6.07, 6.45) is 0. The first-order valence-corrected chi connectivity index (χ1v) is 14.5. The van der Waals surface area contributed by atoms with Crippen LogP contribution < -0.4 is 4.31 Å². The van der Waals surface area contributed by atoms with Crippen LogP contribution in [0.4, 0.5) is 5.69 Å². The van der Waals surface area contributed by atoms with E-state index in [0.29, 0.717) is 5.02 Å². The monoisotopic (exact) mass is 513 g/mol. The molecule has 1 fully saturated rings. The number of benzene rings is 1. The molecule has 26 heavy (non-hydrogen) atoms. The van der Waals surface area contributed by atoms with E-state index in [-0.39, 0.29) is 28.9 Å². The molecule has 1 aliphatic heterocycles. The quantitative estimate of drug-likeness (QED) is 0.311. The highest BCUT2D eigenvalue weighted by Gasteiger charge is 2.75. The van der Waals surface area contributed by atoms with E-state index in [4.69, 9.17) is 67.9 Å². The first kappa shape index (κ1) is 23.4. The van der Waals surface area contributed by atoms with Gasteiger partial charge in [0.05, 0.1) is 10.0 Å². The predicted molar refractivity (Wildman–Crippen MR) is 120 cm³/mol. The van der Waals surface area contributed by atoms with Gasteiger partial charge in [-0.15, -0.1) is 23.6 Å². The summed E-state index contributed by atoms with van der Waals surface area (Å²) in [5.41, 5.74) is 0.195. The number of ether oxygens (including phenoxy) is 2. The van der Waals surface area contributed by atoms with E-state index in [9.17, 15) is 9.35 Å². The Kier molecular flexibility index (Phi) is 8.33. The summed E-state index contributed by atoms with van der Waals surface area (Å²) < 4.78 is 25.9. The van der Waals surface area contributed by atoms with Crippen molar-refractivity contribution in [3.8, 4) is 0 Å². The number of hydrogen-bond acceptors (Lipinski definition) is 7. The van der Waals surface area contributed by atoms with Gasteiger partial charge in [-0.3, -0.25) is 0 Å². The van der Waals surface area contributed by atoms with Crippen molar-refractivity contribution in [1.29, 1.82) is 0 Å². The summed E-state index contributed by atoms with van der Waals surface area (Å²) in [5.74, 6) is -1.80. The maximum atomic E-state index is 13.1. The summed E-state index contributed by atoms with van der Waals surface area (Å²) in [6, 6.07) is 2.91. The van der Waals surface area contributed by atoms with E-state index < -0.39 is 42.0 Å². The maximum absolute atomic E-state index is 13.1. The van der Waals surface area contributed by atoms with Crippen LogP contribution in [0.1, 0.15) is 13.8 Å². The minimum absolute atomic E-state index is 0.141. The molecule has 0 saturated carbocycles. The molecular weight excluding hydrogens is 499 g/mol. The van der Waals surface area contributed by atoms with Crippen LogP contribution in [0.3, 0.4) is 0 Å². The molecule has 1 aromatic carbocycles. The third-order valence-corrected chi connectivity index (χ3v) is 12.9. The van der Waals surface area contributed by atoms with Gasteiger partial charge in [-0.05, 0) is 40.7 Å². The highest BCUT2D eigenvalue weighted by molar-refractivity contribution is 8.12. The van der Waals surface area contributed by atoms with Gasteiger partial charge in [0.25, 0.3) is 0 Å². The van der Waals surface area contributed by atoms with Crippen LogP contribution in [0, 0.1) is 0 Å². The second kappa shape index (κ2) is 9.27. The number of hydrogen-bond donors (Lipinski definition) is 0. The van der Waals surface area contributed by atoms with Crippen LogP contribution in [0.15, 0.2) is 12.1 Å². The van der Waals surface area contributed by atoms with Crippen LogP contribution in [0.2, 0.25) is 15.1 Å². The summed E-state index contributed by atoms with van der Waals surface area (Å²) >= 11 is 27.3. The number of nitrogens with zero attached hydrogens (tertiary/aromatic N) is 1. The Morgan fingerprint density at radius 2 is 1.62 bits per heavy atom. The summed E-state index contributed by atoms with van der Waals surface area (Å²) in [6.45, 7) is 3.74. The third-order valence-electron chi connectivity index (χ3n) is 3.70. The van der Waals surface area contributed by atoms with Gasteiger partial charge < -0.3 is 14.0 Å². The second-order valence-corrected chi connectivity index (χ2v) is 11.9. The molecule has 1 aromatic rings. The van der Waals surface area contributed by atoms with Gasteiger partial charge >= 0.3 is 10.9 Å². The smallest absolute Gasteiger partial charge is 0.418 e. The lowest BCUT2D eigenvalue weighted by Gasteiger charge is -2.38. The van der Waals surface area contributed by atoms with Crippen molar-refractivity contribution in [2.45, 2.75) is 24.7 Å². The van der Waals surface area contributed by atoms with Crippen LogP contribution in [-0.2, 0) is 49.2 Å². The van der Waals surface area contributed by atoms with Crippen LogP contribution >= 0.6 is 49.5 Å². The lowest BCUT2D eigenvalue weighted by Crippen LogP contribution is -2.56. The van der Waals surface area contributed by atoms with Gasteiger partial charge in [0.2, 0.25) is 0 Å². The first-order chi connectivity index (χ1) is 12.3. The Bertz CT molecular complexity index is 720. The zero-order valence-corrected chi connectivity index (χ0v) is 20.7. The van der Waals surface area contributed by atoms with Gasteiger partial charge in [-0.2, -0.15) is 4.31 Å². The highest BCUT2D eigenvalue weighted by Crippen LogP contribution is 2.60. The third kappa shape index (κ3) is 3.54. The van der Waals surface area contributed by atoms with Crippen molar-refractivity contribution in [2.75, 3.05) is 17.5 Å². The van der Waals surface area contributed by atoms with E-state index in [1.807, 2.05) is 0 Å². The van der Waals surface area contributed by atoms with Gasteiger partial charge in [-0.25, -0.2) is 4.79 Å². The second-order valence-electron chi connectivity index (χ2n) is 5.09. The Balaban J connectivity index is 2.84. The molecule has 146 valence electrons. The van der Waals surface area contributed by atoms with Crippen LogP contribution in [-0.4, -0.2) is 33.7 Å². The number of carbonyl (C=O) groups excluding carboxylic acids is 1. The van der Waals surface area contributed by atoms with Crippen molar-refractivity contribution in [1.82, 2.24) is 0 Å². The lowest BCUT2D eigenvalue weighted by atomic mass is 10.2. The summed E-state index contributed by atoms with van der Waals surface area (Å²) in [7, 11) is -1.88. The Morgan fingerprint density at radius 1 is 1.15 bits per heavy atom. The van der Waals surface area contributed by atoms with Gasteiger partial charge in [0, 0.05) is 18.2 Å². The molecule has 3 atom stereocenters. The molecule has 1 saturated heterocycles. The maximum Gasteiger partial charge on any atom is 0.418 e. The molecule has 2 rings (SSSR count). The van der Waals surface area contributed by atoms with E-state index in [1.165, 1.54) is 16.4 Å². The van der Waals surface area contributed by atoms with Gasteiger partial charge in [0.1, 0.15) is 5.69 Å². The van der Waals surface area contributed by atoms with Crippen LogP contribution in [0.25, 0.3) is 0 Å². The molecule has 0 amide bonds. The molecule has 1 heterocycles. The van der Waals surface area contributed by atoms with E-state index in [2.05, 4.69) is 0 Å². The topological polar surface area (TPSA) is 61.8 Å². The van der Waals surface area contributed by atoms with E-state index >= 15 is 0 Å². The molecule has 0 spiro atoms.